The van der Waals surface area contributed by atoms with Gasteiger partial charge in [-0.1, -0.05) is 18.2 Å². The van der Waals surface area contributed by atoms with Gasteiger partial charge >= 0.3 is 6.09 Å². The summed E-state index contributed by atoms with van der Waals surface area (Å²) in [5.74, 6) is -0.254. The minimum atomic E-state index is -0.518. The van der Waals surface area contributed by atoms with Crippen LogP contribution in [0.4, 0.5) is 9.18 Å². The Morgan fingerprint density at radius 3 is 2.75 bits per heavy atom. The zero-order valence-electron chi connectivity index (χ0n) is 12.1. The van der Waals surface area contributed by atoms with Gasteiger partial charge in [0.15, 0.2) is 0 Å². The van der Waals surface area contributed by atoms with Crippen LogP contribution in [0, 0.1) is 5.82 Å². The van der Waals surface area contributed by atoms with Crippen molar-refractivity contribution in [1.82, 2.24) is 10.2 Å². The molecule has 5 heteroatoms. The van der Waals surface area contributed by atoms with Crippen LogP contribution in [0.15, 0.2) is 24.3 Å². The lowest BCUT2D eigenvalue weighted by atomic mass is 10.0. The van der Waals surface area contributed by atoms with Gasteiger partial charge in [-0.2, -0.15) is 0 Å². The normalized spacial score (nSPS) is 19.8. The molecule has 0 radical (unpaired) electrons. The zero-order chi connectivity index (χ0) is 14.8. The molecule has 1 aromatic rings. The van der Waals surface area contributed by atoms with Gasteiger partial charge in [0.2, 0.25) is 0 Å². The van der Waals surface area contributed by atoms with Crippen LogP contribution in [0.25, 0.3) is 0 Å². The fraction of sp³-hybridized carbons (Fsp3) is 0.533. The number of rotatable bonds is 1. The highest BCUT2D eigenvalue weighted by molar-refractivity contribution is 5.68. The summed E-state index contributed by atoms with van der Waals surface area (Å²) in [5, 5.41) is 3.23. The third-order valence-electron chi connectivity index (χ3n) is 3.11. The number of nitrogens with one attached hydrogen (secondary N) is 1. The molecule has 0 unspecified atom stereocenters. The average Bonchev–Trinajstić information content (AvgIpc) is 2.37. The highest BCUT2D eigenvalue weighted by atomic mass is 19.1. The second-order valence-electron chi connectivity index (χ2n) is 5.95. The molecule has 1 N–H and O–H groups in total. The van der Waals surface area contributed by atoms with Crippen LogP contribution in [0.3, 0.4) is 0 Å². The van der Waals surface area contributed by atoms with E-state index < -0.39 is 5.60 Å². The Balaban J connectivity index is 2.06. The molecule has 0 aliphatic carbocycles. The summed E-state index contributed by atoms with van der Waals surface area (Å²) in [5.41, 5.74) is 0.0656. The molecule has 2 rings (SSSR count). The predicted molar refractivity (Wildman–Crippen MR) is 75.0 cm³/mol. The molecule has 1 atom stereocenters. The second-order valence-corrected chi connectivity index (χ2v) is 5.95. The van der Waals surface area contributed by atoms with Gasteiger partial charge in [0, 0.05) is 25.2 Å². The van der Waals surface area contributed by atoms with Gasteiger partial charge in [0.1, 0.15) is 11.4 Å². The Morgan fingerprint density at radius 2 is 2.10 bits per heavy atom. The highest BCUT2D eigenvalue weighted by Crippen LogP contribution is 2.21. The van der Waals surface area contributed by atoms with Crippen LogP contribution < -0.4 is 5.32 Å². The number of hydrogen-bond acceptors (Lipinski definition) is 3. The molecule has 0 bridgehead atoms. The zero-order valence-corrected chi connectivity index (χ0v) is 12.1. The molecule has 110 valence electrons. The maximum absolute atomic E-state index is 13.8. The van der Waals surface area contributed by atoms with Crippen LogP contribution in [-0.2, 0) is 4.74 Å². The van der Waals surface area contributed by atoms with E-state index >= 15 is 0 Å². The molecule has 1 saturated heterocycles. The van der Waals surface area contributed by atoms with Gasteiger partial charge in [-0.3, -0.25) is 0 Å². The first-order valence-corrected chi connectivity index (χ1v) is 6.82. The summed E-state index contributed by atoms with van der Waals surface area (Å²) < 4.78 is 19.2. The minimum absolute atomic E-state index is 0.197. The topological polar surface area (TPSA) is 41.6 Å². The van der Waals surface area contributed by atoms with Crippen molar-refractivity contribution in [2.24, 2.45) is 0 Å². The number of carbonyl (C=O) groups is 1. The van der Waals surface area contributed by atoms with Crippen molar-refractivity contribution in [3.63, 3.8) is 0 Å². The number of ether oxygens (including phenoxy) is 1. The van der Waals surface area contributed by atoms with E-state index in [1.165, 1.54) is 6.07 Å². The predicted octanol–water partition coefficient (Wildman–Crippen LogP) is 2.71. The van der Waals surface area contributed by atoms with Gasteiger partial charge in [0.05, 0.1) is 6.04 Å². The molecule has 0 spiro atoms. The Hall–Kier alpha value is -1.62. The fourth-order valence-electron chi connectivity index (χ4n) is 2.21. The van der Waals surface area contributed by atoms with E-state index in [0.29, 0.717) is 25.2 Å². The molecule has 1 aromatic carbocycles. The van der Waals surface area contributed by atoms with Crippen LogP contribution in [0.1, 0.15) is 32.4 Å². The fourth-order valence-corrected chi connectivity index (χ4v) is 2.21. The number of nitrogens with zero attached hydrogens (tertiary/aromatic N) is 1. The molecule has 1 heterocycles. The second kappa shape index (κ2) is 5.79. The standard InChI is InChI=1S/C15H21FN2O2/c1-15(2,3)20-14(19)18-9-8-17-13(10-18)11-6-4-5-7-12(11)16/h4-7,13,17H,8-10H2,1-3H3/t13-/m1/s1. The van der Waals surface area contributed by atoms with E-state index in [-0.39, 0.29) is 18.0 Å². The Kier molecular flexibility index (Phi) is 4.28. The van der Waals surface area contributed by atoms with E-state index in [0.717, 1.165) is 0 Å². The molecule has 0 aromatic heterocycles. The number of hydrogen-bond donors (Lipinski definition) is 1. The lowest BCUT2D eigenvalue weighted by Gasteiger charge is -2.35. The number of halogens is 1. The minimum Gasteiger partial charge on any atom is -0.444 e. The quantitative estimate of drug-likeness (QED) is 0.860. The lowest BCUT2D eigenvalue weighted by Crippen LogP contribution is -2.49. The average molecular weight is 280 g/mol. The summed E-state index contributed by atoms with van der Waals surface area (Å²) in [4.78, 5) is 13.7. The third kappa shape index (κ3) is 3.70. The van der Waals surface area contributed by atoms with Crippen molar-refractivity contribution >= 4 is 6.09 Å². The summed E-state index contributed by atoms with van der Waals surface area (Å²) >= 11 is 0. The lowest BCUT2D eigenvalue weighted by molar-refractivity contribution is 0.0194. The van der Waals surface area contributed by atoms with E-state index in [4.69, 9.17) is 4.74 Å². The Bertz CT molecular complexity index is 485. The van der Waals surface area contributed by atoms with Crippen LogP contribution in [0.2, 0.25) is 0 Å². The number of piperazine rings is 1. The molecule has 0 saturated carbocycles. The summed E-state index contributed by atoms with van der Waals surface area (Å²) in [6.07, 6.45) is -0.347. The molecule has 20 heavy (non-hydrogen) atoms. The van der Waals surface area contributed by atoms with Gasteiger partial charge in [-0.05, 0) is 26.8 Å². The van der Waals surface area contributed by atoms with E-state index in [2.05, 4.69) is 5.32 Å². The van der Waals surface area contributed by atoms with Crippen LogP contribution >= 0.6 is 0 Å². The SMILES string of the molecule is CC(C)(C)OC(=O)N1CCN[C@@H](c2ccccc2F)C1. The third-order valence-corrected chi connectivity index (χ3v) is 3.11. The first kappa shape index (κ1) is 14.8. The first-order valence-electron chi connectivity index (χ1n) is 6.82. The van der Waals surface area contributed by atoms with Gasteiger partial charge in [-0.15, -0.1) is 0 Å². The highest BCUT2D eigenvalue weighted by Gasteiger charge is 2.28. The smallest absolute Gasteiger partial charge is 0.410 e. The van der Waals surface area contributed by atoms with E-state index in [1.807, 2.05) is 20.8 Å². The maximum Gasteiger partial charge on any atom is 0.410 e. The molecule has 1 aliphatic rings. The van der Waals surface area contributed by atoms with Crippen LogP contribution in [-0.4, -0.2) is 36.2 Å². The summed E-state index contributed by atoms with van der Waals surface area (Å²) in [7, 11) is 0. The largest absolute Gasteiger partial charge is 0.444 e. The van der Waals surface area contributed by atoms with Crippen molar-refractivity contribution in [2.75, 3.05) is 19.6 Å². The van der Waals surface area contributed by atoms with Gasteiger partial charge in [-0.25, -0.2) is 9.18 Å². The maximum atomic E-state index is 13.8. The van der Waals surface area contributed by atoms with Crippen molar-refractivity contribution < 1.29 is 13.9 Å². The monoisotopic (exact) mass is 280 g/mol. The summed E-state index contributed by atoms with van der Waals surface area (Å²) in [6, 6.07) is 6.44. The van der Waals surface area contributed by atoms with Crippen molar-refractivity contribution in [2.45, 2.75) is 32.4 Å². The molecule has 4 nitrogen and oxygen atoms in total. The van der Waals surface area contributed by atoms with Crippen molar-refractivity contribution in [3.05, 3.63) is 35.6 Å². The molecular formula is C15H21FN2O2. The molecule has 1 aliphatic heterocycles. The van der Waals surface area contributed by atoms with Gasteiger partial charge < -0.3 is 15.0 Å². The van der Waals surface area contributed by atoms with E-state index in [9.17, 15) is 9.18 Å². The summed E-state index contributed by atoms with van der Waals surface area (Å²) in [6.45, 7) is 7.11. The van der Waals surface area contributed by atoms with Crippen molar-refractivity contribution in [3.8, 4) is 0 Å². The Labute approximate surface area is 118 Å². The molecule has 1 amide bonds. The number of amides is 1. The molecule has 1 fully saturated rings. The Morgan fingerprint density at radius 1 is 1.40 bits per heavy atom. The van der Waals surface area contributed by atoms with Gasteiger partial charge in [0.25, 0.3) is 0 Å². The number of carbonyl (C=O) groups excluding carboxylic acids is 1. The van der Waals surface area contributed by atoms with E-state index in [1.54, 1.807) is 23.1 Å². The number of benzene rings is 1. The van der Waals surface area contributed by atoms with Crippen molar-refractivity contribution in [1.29, 1.82) is 0 Å². The first-order chi connectivity index (χ1) is 9.37. The van der Waals surface area contributed by atoms with Crippen LogP contribution in [0.5, 0.6) is 0 Å². The molecular weight excluding hydrogens is 259 g/mol.